The highest BCUT2D eigenvalue weighted by Gasteiger charge is 2.11. The van der Waals surface area contributed by atoms with Crippen LogP contribution < -0.4 is 14.2 Å². The minimum atomic E-state index is -0.401. The molecule has 0 aliphatic rings. The van der Waals surface area contributed by atoms with Gasteiger partial charge in [-0.1, -0.05) is 36.4 Å². The Morgan fingerprint density at radius 2 is 0.737 bits per heavy atom. The highest BCUT2D eigenvalue weighted by atomic mass is 16.6. The van der Waals surface area contributed by atoms with Crippen LogP contribution in [0.15, 0.2) is 91.0 Å². The van der Waals surface area contributed by atoms with Gasteiger partial charge in [0.05, 0.1) is 54.4 Å². The Bertz CT molecular complexity index is 1560. The van der Waals surface area contributed by atoms with Crippen molar-refractivity contribution in [2.45, 2.75) is 44.6 Å². The SMILES string of the molecule is COC(=O)/C=C/c1ccc(OCCCCOCC(COCCCCOc2ccc(/C=C/C(=O)OC)cc2)OCCCCOc2ccc(/C=C/C(=O)OC)cc2)cc1. The van der Waals surface area contributed by atoms with E-state index in [2.05, 4.69) is 14.2 Å². The average Bonchev–Trinajstić information content (AvgIpc) is 3.25. The summed E-state index contributed by atoms with van der Waals surface area (Å²) in [4.78, 5) is 33.9. The molecule has 0 saturated heterocycles. The quantitative estimate of drug-likeness (QED) is 0.0298. The maximum absolute atomic E-state index is 11.3. The van der Waals surface area contributed by atoms with E-state index >= 15 is 0 Å². The summed E-state index contributed by atoms with van der Waals surface area (Å²) in [7, 11) is 4.03. The molecule has 12 nitrogen and oxygen atoms in total. The molecule has 57 heavy (non-hydrogen) atoms. The number of hydrogen-bond acceptors (Lipinski definition) is 12. The summed E-state index contributed by atoms with van der Waals surface area (Å²) in [6, 6.07) is 22.5. The fourth-order valence-corrected chi connectivity index (χ4v) is 4.93. The van der Waals surface area contributed by atoms with Gasteiger partial charge in [0.1, 0.15) is 23.4 Å². The second-order valence-electron chi connectivity index (χ2n) is 12.6. The van der Waals surface area contributed by atoms with Crippen molar-refractivity contribution in [3.63, 3.8) is 0 Å². The van der Waals surface area contributed by atoms with Crippen molar-refractivity contribution >= 4 is 36.1 Å². The van der Waals surface area contributed by atoms with Crippen LogP contribution in [0.5, 0.6) is 17.2 Å². The van der Waals surface area contributed by atoms with E-state index in [0.717, 1.165) is 72.5 Å². The number of ether oxygens (including phenoxy) is 9. The maximum atomic E-state index is 11.3. The highest BCUT2D eigenvalue weighted by Crippen LogP contribution is 2.16. The second-order valence-corrected chi connectivity index (χ2v) is 12.6. The number of carbonyl (C=O) groups excluding carboxylic acids is 3. The van der Waals surface area contributed by atoms with Crippen molar-refractivity contribution < 1.29 is 57.0 Å². The lowest BCUT2D eigenvalue weighted by Gasteiger charge is -2.18. The first-order valence-corrected chi connectivity index (χ1v) is 19.1. The molecule has 12 heteroatoms. The molecule has 3 aromatic rings. The van der Waals surface area contributed by atoms with Crippen LogP contribution in [-0.4, -0.2) is 98.2 Å². The van der Waals surface area contributed by atoms with Gasteiger partial charge in [0.15, 0.2) is 0 Å². The van der Waals surface area contributed by atoms with Gasteiger partial charge in [-0.3, -0.25) is 0 Å². The molecular formula is C45H56O12. The summed E-state index contributed by atoms with van der Waals surface area (Å²) in [6.07, 6.45) is 14.0. The minimum Gasteiger partial charge on any atom is -0.494 e. The van der Waals surface area contributed by atoms with Gasteiger partial charge in [-0.15, -0.1) is 0 Å². The lowest BCUT2D eigenvalue weighted by atomic mass is 10.2. The molecule has 0 unspecified atom stereocenters. The van der Waals surface area contributed by atoms with Crippen LogP contribution in [-0.2, 0) is 42.8 Å². The van der Waals surface area contributed by atoms with Crippen LogP contribution >= 0.6 is 0 Å². The van der Waals surface area contributed by atoms with E-state index in [1.807, 2.05) is 72.8 Å². The first kappa shape index (κ1) is 46.0. The average molecular weight is 789 g/mol. The Morgan fingerprint density at radius 3 is 1.05 bits per heavy atom. The van der Waals surface area contributed by atoms with Crippen LogP contribution in [0.3, 0.4) is 0 Å². The first-order chi connectivity index (χ1) is 27.9. The third-order valence-electron chi connectivity index (χ3n) is 8.15. The van der Waals surface area contributed by atoms with Gasteiger partial charge in [-0.2, -0.15) is 0 Å². The molecule has 308 valence electrons. The Labute approximate surface area is 336 Å². The van der Waals surface area contributed by atoms with E-state index in [9.17, 15) is 14.4 Å². The molecule has 0 saturated carbocycles. The van der Waals surface area contributed by atoms with Gasteiger partial charge >= 0.3 is 17.9 Å². The summed E-state index contributed by atoms with van der Waals surface area (Å²) in [5.41, 5.74) is 2.64. The topological polar surface area (TPSA) is 134 Å². The normalized spacial score (nSPS) is 11.4. The predicted molar refractivity (Wildman–Crippen MR) is 218 cm³/mol. The lowest BCUT2D eigenvalue weighted by Crippen LogP contribution is -2.27. The third kappa shape index (κ3) is 21.5. The summed E-state index contributed by atoms with van der Waals surface area (Å²) < 4.78 is 49.6. The van der Waals surface area contributed by atoms with Gasteiger partial charge in [-0.25, -0.2) is 14.4 Å². The van der Waals surface area contributed by atoms with Crippen LogP contribution in [0, 0.1) is 0 Å². The zero-order valence-electron chi connectivity index (χ0n) is 33.3. The number of carbonyl (C=O) groups is 3. The third-order valence-corrected chi connectivity index (χ3v) is 8.15. The monoisotopic (exact) mass is 788 g/mol. The molecule has 0 amide bonds. The first-order valence-electron chi connectivity index (χ1n) is 19.1. The highest BCUT2D eigenvalue weighted by molar-refractivity contribution is 5.88. The van der Waals surface area contributed by atoms with Crippen LogP contribution in [0.2, 0.25) is 0 Å². The standard InChI is InChI=1S/C45H56O12/c1-49-43(46)25-16-36-10-19-39(20-11-36)54-30-6-4-28-52-34-42(57-33-9-8-32-56-41-23-14-38(15-24-41)18-27-45(48)51-3)35-53-29-5-7-31-55-40-21-12-37(13-22-40)17-26-44(47)50-2/h10-27,42H,4-9,28-35H2,1-3H3/b25-16+,26-17+,27-18+. The second kappa shape index (κ2) is 28.9. The molecule has 0 atom stereocenters. The number of esters is 3. The van der Waals surface area contributed by atoms with E-state index in [1.165, 1.54) is 39.6 Å². The minimum absolute atomic E-state index is 0.206. The molecule has 0 aromatic heterocycles. The predicted octanol–water partition coefficient (Wildman–Crippen LogP) is 7.54. The molecular weight excluding hydrogens is 732 g/mol. The Balaban J connectivity index is 1.33. The van der Waals surface area contributed by atoms with Crippen molar-refractivity contribution in [1.82, 2.24) is 0 Å². The largest absolute Gasteiger partial charge is 0.494 e. The lowest BCUT2D eigenvalue weighted by molar-refractivity contribution is -0.135. The van der Waals surface area contributed by atoms with Gasteiger partial charge in [0, 0.05) is 38.0 Å². The molecule has 0 N–H and O–H groups in total. The van der Waals surface area contributed by atoms with Crippen molar-refractivity contribution in [3.05, 3.63) is 108 Å². The number of methoxy groups -OCH3 is 3. The van der Waals surface area contributed by atoms with Gasteiger partial charge in [0.2, 0.25) is 0 Å². The molecule has 0 aliphatic heterocycles. The van der Waals surface area contributed by atoms with Crippen molar-refractivity contribution in [2.75, 3.05) is 74.2 Å². The Hall–Kier alpha value is -5.43. The molecule has 0 radical (unpaired) electrons. The molecule has 0 spiro atoms. The zero-order chi connectivity index (χ0) is 40.8. The van der Waals surface area contributed by atoms with Gasteiger partial charge < -0.3 is 42.6 Å². The number of benzene rings is 3. The van der Waals surface area contributed by atoms with Gasteiger partial charge in [0.25, 0.3) is 0 Å². The fraction of sp³-hybridized carbons (Fsp3) is 0.400. The van der Waals surface area contributed by atoms with E-state index in [1.54, 1.807) is 18.2 Å². The molecule has 3 aromatic carbocycles. The van der Waals surface area contributed by atoms with Crippen LogP contribution in [0.1, 0.15) is 55.2 Å². The molecule has 0 aliphatic carbocycles. The summed E-state index contributed by atoms with van der Waals surface area (Å²) in [5, 5.41) is 0. The summed E-state index contributed by atoms with van der Waals surface area (Å²) >= 11 is 0. The number of unbranched alkanes of at least 4 members (excludes halogenated alkanes) is 3. The van der Waals surface area contributed by atoms with Crippen molar-refractivity contribution in [3.8, 4) is 17.2 Å². The Kier molecular flexibility index (Phi) is 23.3. The van der Waals surface area contributed by atoms with Crippen molar-refractivity contribution in [2.24, 2.45) is 0 Å². The van der Waals surface area contributed by atoms with E-state index in [0.29, 0.717) is 52.9 Å². The van der Waals surface area contributed by atoms with Gasteiger partial charge in [-0.05, 0) is 110 Å². The number of rotatable bonds is 29. The summed E-state index contributed by atoms with van der Waals surface area (Å²) in [6.45, 7) is 4.21. The van der Waals surface area contributed by atoms with Crippen LogP contribution in [0.25, 0.3) is 18.2 Å². The molecule has 0 bridgehead atoms. The fourth-order valence-electron chi connectivity index (χ4n) is 4.93. The maximum Gasteiger partial charge on any atom is 0.330 e. The molecule has 0 heterocycles. The Morgan fingerprint density at radius 1 is 0.439 bits per heavy atom. The summed E-state index contributed by atoms with van der Waals surface area (Å²) in [5.74, 6) is 1.08. The molecule has 3 rings (SSSR count). The van der Waals surface area contributed by atoms with E-state index in [4.69, 9.17) is 28.4 Å². The zero-order valence-corrected chi connectivity index (χ0v) is 33.3. The smallest absolute Gasteiger partial charge is 0.330 e. The van der Waals surface area contributed by atoms with E-state index < -0.39 is 17.9 Å². The van der Waals surface area contributed by atoms with E-state index in [-0.39, 0.29) is 6.10 Å². The van der Waals surface area contributed by atoms with Crippen molar-refractivity contribution in [1.29, 1.82) is 0 Å². The number of hydrogen-bond donors (Lipinski definition) is 0. The molecule has 0 fully saturated rings. The van der Waals surface area contributed by atoms with Crippen LogP contribution in [0.4, 0.5) is 0 Å².